The molecule has 3 aliphatic rings. The van der Waals surface area contributed by atoms with Crippen LogP contribution in [0.3, 0.4) is 0 Å². The summed E-state index contributed by atoms with van der Waals surface area (Å²) in [4.78, 5) is 70.8. The Morgan fingerprint density at radius 2 is 1.81 bits per heavy atom. The molecule has 1 aromatic heterocycles. The Labute approximate surface area is 248 Å². The smallest absolute Gasteiger partial charge is 0.338 e. The Bertz CT molecular complexity index is 1590. The van der Waals surface area contributed by atoms with Crippen LogP contribution < -0.4 is 14.5 Å². The molecule has 1 N–H and O–H groups in total. The summed E-state index contributed by atoms with van der Waals surface area (Å²) < 4.78 is 16.2. The zero-order valence-electron chi connectivity index (χ0n) is 22.6. The molecule has 0 radical (unpaired) electrons. The maximum atomic E-state index is 14.0. The number of aromatic nitrogens is 1. The van der Waals surface area contributed by atoms with E-state index in [9.17, 15) is 24.0 Å². The predicted octanol–water partition coefficient (Wildman–Crippen LogP) is 2.65. The topological polar surface area (TPSA) is 135 Å². The second-order valence-corrected chi connectivity index (χ2v) is 12.0. The van der Waals surface area contributed by atoms with Gasteiger partial charge in [0.15, 0.2) is 6.61 Å². The number of hydrogen-bond donors (Lipinski definition) is 1. The number of anilines is 1. The van der Waals surface area contributed by atoms with Gasteiger partial charge >= 0.3 is 10.8 Å². The van der Waals surface area contributed by atoms with Gasteiger partial charge in [-0.1, -0.05) is 35.2 Å². The molecule has 6 rings (SSSR count). The number of thioether (sulfide) groups is 1. The van der Waals surface area contributed by atoms with E-state index in [1.165, 1.54) is 23.9 Å². The Kier molecular flexibility index (Phi) is 7.88. The summed E-state index contributed by atoms with van der Waals surface area (Å²) in [6.45, 7) is 3.80. The van der Waals surface area contributed by atoms with Gasteiger partial charge in [-0.15, -0.1) is 0 Å². The number of nitrogens with zero attached hydrogens (tertiary/aromatic N) is 2. The highest BCUT2D eigenvalue weighted by molar-refractivity contribution is 8.00. The van der Waals surface area contributed by atoms with Gasteiger partial charge in [-0.2, -0.15) is 0 Å². The lowest BCUT2D eigenvalue weighted by atomic mass is 9.83. The van der Waals surface area contributed by atoms with Gasteiger partial charge in [0, 0.05) is 23.9 Å². The summed E-state index contributed by atoms with van der Waals surface area (Å²) in [6.07, 6.45) is 0. The standard InChI is InChI=1S/C29H27N3O8S2/c1-2-39-28(36)16-6-8-18(9-7-16)32-26(34)22-21(23-25(30-29(37)42-23)41-24(22)27(32)35)17-4-3-5-19(14-17)40-15-20(33)31-10-12-38-13-11-31/h3-9,14,21-22,24H,2,10-13,15H2,1H3,(H,30,37)/t21-,22?,24?/m1/s1. The number of fused-ring (bicyclic) bond motifs is 2. The zero-order valence-corrected chi connectivity index (χ0v) is 24.2. The van der Waals surface area contributed by atoms with E-state index in [1.807, 2.05) is 6.07 Å². The number of benzene rings is 2. The number of rotatable bonds is 7. The third-order valence-corrected chi connectivity index (χ3v) is 9.80. The van der Waals surface area contributed by atoms with Crippen LogP contribution in [0, 0.1) is 5.92 Å². The summed E-state index contributed by atoms with van der Waals surface area (Å²) in [5, 5.41) is -0.205. The van der Waals surface area contributed by atoms with E-state index < -0.39 is 34.9 Å². The number of carbonyl (C=O) groups is 4. The van der Waals surface area contributed by atoms with Crippen molar-refractivity contribution in [2.45, 2.75) is 23.1 Å². The van der Waals surface area contributed by atoms with Crippen molar-refractivity contribution in [2.24, 2.45) is 5.92 Å². The van der Waals surface area contributed by atoms with Gasteiger partial charge in [-0.25, -0.2) is 9.69 Å². The predicted molar refractivity (Wildman–Crippen MR) is 154 cm³/mol. The maximum Gasteiger partial charge on any atom is 0.338 e. The van der Waals surface area contributed by atoms with E-state index in [2.05, 4.69) is 4.98 Å². The van der Waals surface area contributed by atoms with Gasteiger partial charge in [0.2, 0.25) is 11.8 Å². The van der Waals surface area contributed by atoms with Crippen LogP contribution in [0.4, 0.5) is 5.69 Å². The Morgan fingerprint density at radius 1 is 1.05 bits per heavy atom. The molecule has 0 saturated carbocycles. The van der Waals surface area contributed by atoms with Crippen LogP contribution in [0.15, 0.2) is 58.4 Å². The average molecular weight is 610 g/mol. The van der Waals surface area contributed by atoms with E-state index in [1.54, 1.807) is 42.2 Å². The van der Waals surface area contributed by atoms with E-state index in [0.717, 1.165) is 16.2 Å². The van der Waals surface area contributed by atoms with E-state index >= 15 is 0 Å². The molecule has 11 nitrogen and oxygen atoms in total. The first-order chi connectivity index (χ1) is 20.4. The SMILES string of the molecule is CCOC(=O)c1ccc(N2C(=O)C3Sc4[nH]c(=O)sc4[C@H](c4cccc(OCC(=O)N5CCOCC5)c4)C3C2=O)cc1. The molecule has 2 fully saturated rings. The summed E-state index contributed by atoms with van der Waals surface area (Å²) in [7, 11) is 0. The van der Waals surface area contributed by atoms with Crippen molar-refractivity contribution in [3.8, 4) is 5.75 Å². The molecule has 0 spiro atoms. The van der Waals surface area contributed by atoms with Crippen molar-refractivity contribution in [3.63, 3.8) is 0 Å². The molecule has 13 heteroatoms. The lowest BCUT2D eigenvalue weighted by Crippen LogP contribution is -2.42. The second-order valence-electron chi connectivity index (χ2n) is 9.88. The molecule has 4 heterocycles. The molecular weight excluding hydrogens is 582 g/mol. The number of H-pyrrole nitrogens is 1. The average Bonchev–Trinajstić information content (AvgIpc) is 3.50. The Balaban J connectivity index is 1.29. The first kappa shape index (κ1) is 28.2. The van der Waals surface area contributed by atoms with Crippen LogP contribution in [0.5, 0.6) is 5.75 Å². The number of hydrogen-bond acceptors (Lipinski definition) is 10. The van der Waals surface area contributed by atoms with Gasteiger partial charge in [0.1, 0.15) is 11.0 Å². The number of carbonyl (C=O) groups excluding carboxylic acids is 4. The number of thiazole rings is 1. The molecule has 2 saturated heterocycles. The number of esters is 1. The minimum atomic E-state index is -0.781. The fourth-order valence-electron chi connectivity index (χ4n) is 5.44. The Morgan fingerprint density at radius 3 is 2.55 bits per heavy atom. The van der Waals surface area contributed by atoms with Crippen molar-refractivity contribution in [3.05, 3.63) is 74.2 Å². The molecule has 218 valence electrons. The molecule has 3 atom stereocenters. The number of amides is 3. The van der Waals surface area contributed by atoms with E-state index in [4.69, 9.17) is 14.2 Å². The monoisotopic (exact) mass is 609 g/mol. The summed E-state index contributed by atoms with van der Waals surface area (Å²) in [5.41, 5.74) is 1.36. The van der Waals surface area contributed by atoms with Gasteiger partial charge in [0.25, 0.3) is 5.91 Å². The molecular formula is C29H27N3O8S2. The molecule has 42 heavy (non-hydrogen) atoms. The van der Waals surface area contributed by atoms with Gasteiger partial charge < -0.3 is 24.1 Å². The van der Waals surface area contributed by atoms with Crippen LogP contribution in [0.25, 0.3) is 0 Å². The molecule has 3 amide bonds. The van der Waals surface area contributed by atoms with E-state index in [-0.39, 0.29) is 24.0 Å². The van der Waals surface area contributed by atoms with Crippen molar-refractivity contribution >= 4 is 52.5 Å². The second kappa shape index (κ2) is 11.7. The number of aromatic amines is 1. The molecule has 2 aromatic carbocycles. The Hall–Kier alpha value is -3.94. The lowest BCUT2D eigenvalue weighted by Gasteiger charge is -2.30. The van der Waals surface area contributed by atoms with Crippen LogP contribution >= 0.6 is 23.1 Å². The van der Waals surface area contributed by atoms with Crippen LogP contribution in [-0.4, -0.2) is 78.3 Å². The number of imide groups is 1. The molecule has 2 unspecified atom stereocenters. The number of nitrogens with one attached hydrogen (secondary N) is 1. The first-order valence-electron chi connectivity index (χ1n) is 13.5. The quantitative estimate of drug-likeness (QED) is 0.317. The summed E-state index contributed by atoms with van der Waals surface area (Å²) in [6, 6.07) is 13.2. The van der Waals surface area contributed by atoms with Crippen molar-refractivity contribution in [1.82, 2.24) is 9.88 Å². The number of morpholine rings is 1. The maximum absolute atomic E-state index is 14.0. The van der Waals surface area contributed by atoms with Crippen LogP contribution in [0.1, 0.15) is 33.6 Å². The highest BCUT2D eigenvalue weighted by Gasteiger charge is 2.56. The molecule has 0 aliphatic carbocycles. The molecule has 3 aliphatic heterocycles. The van der Waals surface area contributed by atoms with Gasteiger partial charge in [-0.05, 0) is 48.9 Å². The zero-order chi connectivity index (χ0) is 29.4. The van der Waals surface area contributed by atoms with Crippen molar-refractivity contribution < 1.29 is 33.4 Å². The number of ether oxygens (including phenoxy) is 3. The van der Waals surface area contributed by atoms with E-state index in [0.29, 0.717) is 58.8 Å². The lowest BCUT2D eigenvalue weighted by molar-refractivity contribution is -0.137. The van der Waals surface area contributed by atoms with Gasteiger partial charge in [-0.3, -0.25) is 19.2 Å². The largest absolute Gasteiger partial charge is 0.484 e. The summed E-state index contributed by atoms with van der Waals surface area (Å²) >= 11 is 2.20. The van der Waals surface area contributed by atoms with Crippen LogP contribution in [-0.2, 0) is 23.9 Å². The summed E-state index contributed by atoms with van der Waals surface area (Å²) in [5.74, 6) is -2.36. The first-order valence-corrected chi connectivity index (χ1v) is 15.2. The minimum Gasteiger partial charge on any atom is -0.484 e. The molecule has 0 bridgehead atoms. The minimum absolute atomic E-state index is 0.147. The third kappa shape index (κ3) is 5.23. The third-order valence-electron chi connectivity index (χ3n) is 7.40. The van der Waals surface area contributed by atoms with Gasteiger partial charge in [0.05, 0.1) is 42.0 Å². The fraction of sp³-hybridized carbons (Fsp3) is 0.345. The normalized spacial score (nSPS) is 21.6. The van der Waals surface area contributed by atoms with Crippen molar-refractivity contribution in [1.29, 1.82) is 0 Å². The highest BCUT2D eigenvalue weighted by Crippen LogP contribution is 2.53. The van der Waals surface area contributed by atoms with Crippen molar-refractivity contribution in [2.75, 3.05) is 44.4 Å². The highest BCUT2D eigenvalue weighted by atomic mass is 32.2. The fourth-order valence-corrected chi connectivity index (χ4v) is 7.95. The van der Waals surface area contributed by atoms with Crippen LogP contribution in [0.2, 0.25) is 0 Å². The molecule has 3 aromatic rings.